The van der Waals surface area contributed by atoms with Gasteiger partial charge in [0.2, 0.25) is 0 Å². The number of carbonyl (C=O) groups is 1. The van der Waals surface area contributed by atoms with Gasteiger partial charge in [-0.05, 0) is 43.4 Å². The topological polar surface area (TPSA) is 77.1 Å². The first-order chi connectivity index (χ1) is 13.3. The number of fused-ring (bicyclic) bond motifs is 1. The van der Waals surface area contributed by atoms with Gasteiger partial charge in [-0.15, -0.1) is 0 Å². The van der Waals surface area contributed by atoms with Gasteiger partial charge < -0.3 is 9.73 Å². The lowest BCUT2D eigenvalue weighted by Crippen LogP contribution is -2.36. The molecule has 0 fully saturated rings. The average Bonchev–Trinajstić information content (AvgIpc) is 3.05. The minimum Gasteiger partial charge on any atom is -0.430 e. The molecule has 1 aliphatic rings. The van der Waals surface area contributed by atoms with Gasteiger partial charge in [-0.3, -0.25) is 4.79 Å². The molecule has 4 rings (SSSR count). The van der Waals surface area contributed by atoms with E-state index in [1.807, 2.05) is 10.9 Å². The summed E-state index contributed by atoms with van der Waals surface area (Å²) in [5.74, 6) is -0.263. The molecule has 0 spiro atoms. The fraction of sp³-hybridized carbons (Fsp3) is 0.318. The lowest BCUT2D eigenvalue weighted by atomic mass is 9.74. The Bertz CT molecular complexity index is 1060. The minimum atomic E-state index is -0.475. The van der Waals surface area contributed by atoms with Gasteiger partial charge in [0.1, 0.15) is 6.26 Å². The van der Waals surface area contributed by atoms with E-state index >= 15 is 0 Å². The number of nitrogens with one attached hydrogen (secondary N) is 1. The van der Waals surface area contributed by atoms with Crippen LogP contribution >= 0.6 is 0 Å². The third kappa shape index (κ3) is 3.50. The van der Waals surface area contributed by atoms with E-state index in [-0.39, 0.29) is 17.4 Å². The first-order valence-corrected chi connectivity index (χ1v) is 9.36. The molecule has 0 radical (unpaired) electrons. The van der Waals surface area contributed by atoms with Crippen LogP contribution in [0.1, 0.15) is 53.5 Å². The molecule has 1 aliphatic carbocycles. The largest absolute Gasteiger partial charge is 0.430 e. The second kappa shape index (κ2) is 6.78. The number of aryl methyl sites for hydroxylation is 1. The number of rotatable bonds is 3. The maximum atomic E-state index is 12.7. The molecule has 0 saturated heterocycles. The molecule has 6 heteroatoms. The number of amides is 1. The van der Waals surface area contributed by atoms with E-state index in [1.165, 1.54) is 24.0 Å². The number of carbonyl (C=O) groups excluding carboxylic acids is 1. The summed E-state index contributed by atoms with van der Waals surface area (Å²) in [6.45, 7) is 6.45. The molecular weight excluding hydrogens is 354 g/mol. The standard InChI is InChI=1S/C22H23N3O3/c1-14-4-7-16(8-5-14)25-19-11-22(2,3)10-18(17(19)12-23-25)24-21(27)15-6-9-20(26)28-13-15/h4-9,12-13,18H,10-11H2,1-3H3,(H,24,27)/t18-/m1/s1. The van der Waals surface area contributed by atoms with Crippen LogP contribution in [0.2, 0.25) is 0 Å². The van der Waals surface area contributed by atoms with Crippen LogP contribution < -0.4 is 10.9 Å². The highest BCUT2D eigenvalue weighted by Crippen LogP contribution is 2.41. The summed E-state index contributed by atoms with van der Waals surface area (Å²) in [4.78, 5) is 23.8. The zero-order valence-corrected chi connectivity index (χ0v) is 16.2. The van der Waals surface area contributed by atoms with Gasteiger partial charge in [0, 0.05) is 11.6 Å². The number of benzene rings is 1. The number of hydrogen-bond acceptors (Lipinski definition) is 4. The Hall–Kier alpha value is -3.15. The molecule has 2 aromatic heterocycles. The van der Waals surface area contributed by atoms with Crippen molar-refractivity contribution < 1.29 is 9.21 Å². The summed E-state index contributed by atoms with van der Waals surface area (Å²) in [5, 5.41) is 7.70. The fourth-order valence-electron chi connectivity index (χ4n) is 3.81. The second-order valence-electron chi connectivity index (χ2n) is 8.21. The van der Waals surface area contributed by atoms with Gasteiger partial charge in [-0.25, -0.2) is 9.48 Å². The number of hydrogen-bond donors (Lipinski definition) is 1. The molecule has 3 aromatic rings. The quantitative estimate of drug-likeness (QED) is 0.757. The Balaban J connectivity index is 1.67. The maximum absolute atomic E-state index is 12.7. The van der Waals surface area contributed by atoms with Gasteiger partial charge in [0.15, 0.2) is 0 Å². The van der Waals surface area contributed by atoms with E-state index in [2.05, 4.69) is 55.5 Å². The van der Waals surface area contributed by atoms with Crippen LogP contribution in [0.4, 0.5) is 0 Å². The highest BCUT2D eigenvalue weighted by molar-refractivity contribution is 5.94. The van der Waals surface area contributed by atoms with Crippen LogP contribution in [0.3, 0.4) is 0 Å². The van der Waals surface area contributed by atoms with Crippen molar-refractivity contribution in [1.82, 2.24) is 15.1 Å². The SMILES string of the molecule is Cc1ccc(-n2ncc3c2CC(C)(C)C[C@H]3NC(=O)c2ccc(=O)oc2)cc1. The van der Waals surface area contributed by atoms with Gasteiger partial charge >= 0.3 is 5.63 Å². The fourth-order valence-corrected chi connectivity index (χ4v) is 3.81. The van der Waals surface area contributed by atoms with E-state index in [9.17, 15) is 9.59 Å². The number of aromatic nitrogens is 2. The molecule has 1 aromatic carbocycles. The van der Waals surface area contributed by atoms with Crippen LogP contribution in [0, 0.1) is 12.3 Å². The Kier molecular flexibility index (Phi) is 4.41. The Labute approximate surface area is 163 Å². The summed E-state index contributed by atoms with van der Waals surface area (Å²) < 4.78 is 6.79. The predicted octanol–water partition coefficient (Wildman–Crippen LogP) is 3.58. The van der Waals surface area contributed by atoms with Crippen LogP contribution in [0.5, 0.6) is 0 Å². The number of nitrogens with zero attached hydrogens (tertiary/aromatic N) is 2. The summed E-state index contributed by atoms with van der Waals surface area (Å²) in [5.41, 5.74) is 4.23. The summed E-state index contributed by atoms with van der Waals surface area (Å²) >= 11 is 0. The minimum absolute atomic E-state index is 0.0106. The van der Waals surface area contributed by atoms with Gasteiger partial charge in [-0.2, -0.15) is 5.10 Å². The van der Waals surface area contributed by atoms with Crippen molar-refractivity contribution in [3.05, 3.63) is 81.7 Å². The highest BCUT2D eigenvalue weighted by atomic mass is 16.4. The molecule has 6 nitrogen and oxygen atoms in total. The van der Waals surface area contributed by atoms with E-state index in [0.717, 1.165) is 29.8 Å². The van der Waals surface area contributed by atoms with Gasteiger partial charge in [0.05, 0.1) is 29.2 Å². The smallest absolute Gasteiger partial charge is 0.335 e. The molecule has 0 bridgehead atoms. The maximum Gasteiger partial charge on any atom is 0.335 e. The third-order valence-electron chi connectivity index (χ3n) is 5.23. The molecule has 0 aliphatic heterocycles. The van der Waals surface area contributed by atoms with Crippen molar-refractivity contribution in [1.29, 1.82) is 0 Å². The van der Waals surface area contributed by atoms with Crippen molar-refractivity contribution in [3.8, 4) is 5.69 Å². The third-order valence-corrected chi connectivity index (χ3v) is 5.23. The molecule has 1 amide bonds. The van der Waals surface area contributed by atoms with Crippen molar-refractivity contribution in [2.45, 2.75) is 39.7 Å². The molecular formula is C22H23N3O3. The van der Waals surface area contributed by atoms with Crippen molar-refractivity contribution >= 4 is 5.91 Å². The van der Waals surface area contributed by atoms with Gasteiger partial charge in [-0.1, -0.05) is 31.5 Å². The Morgan fingerprint density at radius 2 is 1.96 bits per heavy atom. The molecule has 2 heterocycles. The first-order valence-electron chi connectivity index (χ1n) is 9.36. The molecule has 144 valence electrons. The predicted molar refractivity (Wildman–Crippen MR) is 106 cm³/mol. The van der Waals surface area contributed by atoms with E-state index in [4.69, 9.17) is 4.42 Å². The van der Waals surface area contributed by atoms with Crippen molar-refractivity contribution in [2.24, 2.45) is 5.41 Å². The first kappa shape index (κ1) is 18.2. The lowest BCUT2D eigenvalue weighted by Gasteiger charge is -2.36. The lowest BCUT2D eigenvalue weighted by molar-refractivity contribution is 0.0917. The monoisotopic (exact) mass is 377 g/mol. The van der Waals surface area contributed by atoms with Gasteiger partial charge in [0.25, 0.3) is 5.91 Å². The summed E-state index contributed by atoms with van der Waals surface area (Å²) in [7, 11) is 0. The molecule has 28 heavy (non-hydrogen) atoms. The normalized spacial score (nSPS) is 17.8. The Morgan fingerprint density at radius 1 is 1.21 bits per heavy atom. The highest BCUT2D eigenvalue weighted by Gasteiger charge is 2.36. The zero-order valence-electron chi connectivity index (χ0n) is 16.2. The Morgan fingerprint density at radius 3 is 2.64 bits per heavy atom. The molecule has 0 saturated carbocycles. The molecule has 1 N–H and O–H groups in total. The van der Waals surface area contributed by atoms with Crippen LogP contribution in [0.25, 0.3) is 5.69 Å². The van der Waals surface area contributed by atoms with E-state index < -0.39 is 5.63 Å². The summed E-state index contributed by atoms with van der Waals surface area (Å²) in [6.07, 6.45) is 4.73. The second-order valence-corrected chi connectivity index (χ2v) is 8.21. The van der Waals surface area contributed by atoms with Crippen LogP contribution in [0.15, 0.2) is 58.1 Å². The van der Waals surface area contributed by atoms with Crippen molar-refractivity contribution in [3.63, 3.8) is 0 Å². The van der Waals surface area contributed by atoms with Crippen LogP contribution in [-0.2, 0) is 6.42 Å². The average molecular weight is 377 g/mol. The van der Waals surface area contributed by atoms with Crippen LogP contribution in [-0.4, -0.2) is 15.7 Å². The molecule has 0 unspecified atom stereocenters. The zero-order chi connectivity index (χ0) is 19.9. The van der Waals surface area contributed by atoms with E-state index in [0.29, 0.717) is 5.56 Å². The molecule has 1 atom stereocenters. The van der Waals surface area contributed by atoms with Crippen molar-refractivity contribution in [2.75, 3.05) is 0 Å². The van der Waals surface area contributed by atoms with E-state index in [1.54, 1.807) is 0 Å². The summed E-state index contributed by atoms with van der Waals surface area (Å²) in [6, 6.07) is 10.8.